The Morgan fingerprint density at radius 2 is 1.30 bits per heavy atom. The molecule has 0 aliphatic carbocycles. The lowest BCUT2D eigenvalue weighted by Crippen LogP contribution is -2.46. The molecule has 3 aliphatic heterocycles. The van der Waals surface area contributed by atoms with Crippen LogP contribution in [0.5, 0.6) is 0 Å². The average Bonchev–Trinajstić information content (AvgIpc) is 3.52. The highest BCUT2D eigenvalue weighted by Gasteiger charge is 2.38. The molecule has 3 rings (SSSR count). The van der Waals surface area contributed by atoms with E-state index in [9.17, 15) is 0 Å². The second kappa shape index (κ2) is 12.6. The third kappa shape index (κ3) is 7.98. The first-order valence-corrected chi connectivity index (χ1v) is 11.4. The second-order valence-corrected chi connectivity index (χ2v) is 8.86. The van der Waals surface area contributed by atoms with Crippen LogP contribution in [0.2, 0.25) is 0 Å². The smallest absolute Gasteiger partial charge is 0.104 e. The maximum Gasteiger partial charge on any atom is 0.104 e. The summed E-state index contributed by atoms with van der Waals surface area (Å²) in [5, 5.41) is 0. The SMILES string of the molecule is CCC1(COCCOCCOCC(COCC2(CC)COC2)OCC2CO2)COC1. The summed E-state index contributed by atoms with van der Waals surface area (Å²) in [7, 11) is 0. The van der Waals surface area contributed by atoms with Crippen LogP contribution in [0.25, 0.3) is 0 Å². The topological polar surface area (TPSA) is 77.1 Å². The number of hydrogen-bond donors (Lipinski definition) is 0. The monoisotopic (exact) mass is 432 g/mol. The second-order valence-electron chi connectivity index (χ2n) is 8.86. The molecule has 8 nitrogen and oxygen atoms in total. The summed E-state index contributed by atoms with van der Waals surface area (Å²) >= 11 is 0. The average molecular weight is 433 g/mol. The van der Waals surface area contributed by atoms with E-state index in [4.69, 9.17) is 37.9 Å². The quantitative estimate of drug-likeness (QED) is 0.225. The largest absolute Gasteiger partial charge is 0.380 e. The fourth-order valence-electron chi connectivity index (χ4n) is 3.36. The third-order valence-electron chi connectivity index (χ3n) is 6.22. The molecule has 0 spiro atoms. The number of hydrogen-bond acceptors (Lipinski definition) is 8. The van der Waals surface area contributed by atoms with Crippen LogP contribution in [0.15, 0.2) is 0 Å². The van der Waals surface area contributed by atoms with Gasteiger partial charge in [-0.1, -0.05) is 13.8 Å². The van der Waals surface area contributed by atoms with Crippen molar-refractivity contribution in [2.75, 3.05) is 92.5 Å². The third-order valence-corrected chi connectivity index (χ3v) is 6.22. The highest BCUT2D eigenvalue weighted by molar-refractivity contribution is 4.84. The van der Waals surface area contributed by atoms with E-state index in [1.54, 1.807) is 0 Å². The van der Waals surface area contributed by atoms with E-state index in [0.717, 1.165) is 52.5 Å². The molecule has 0 aromatic heterocycles. The molecule has 0 radical (unpaired) electrons. The Kier molecular flexibility index (Phi) is 10.3. The fourth-order valence-corrected chi connectivity index (χ4v) is 3.36. The summed E-state index contributed by atoms with van der Waals surface area (Å²) in [5.41, 5.74) is 0.414. The van der Waals surface area contributed by atoms with E-state index in [1.165, 1.54) is 0 Å². The molecule has 8 heteroatoms. The van der Waals surface area contributed by atoms with E-state index in [0.29, 0.717) is 52.9 Å². The molecule has 0 aromatic carbocycles. The summed E-state index contributed by atoms with van der Waals surface area (Å²) in [6.07, 6.45) is 2.30. The van der Waals surface area contributed by atoms with E-state index in [2.05, 4.69) is 13.8 Å². The predicted octanol–water partition coefficient (Wildman–Crippen LogP) is 1.69. The van der Waals surface area contributed by atoms with Gasteiger partial charge in [-0.25, -0.2) is 0 Å². The molecule has 2 unspecified atom stereocenters. The van der Waals surface area contributed by atoms with Gasteiger partial charge in [0.25, 0.3) is 0 Å². The Morgan fingerprint density at radius 1 is 0.767 bits per heavy atom. The molecule has 0 N–H and O–H groups in total. The van der Waals surface area contributed by atoms with Crippen molar-refractivity contribution in [3.05, 3.63) is 0 Å². The first kappa shape index (κ1) is 24.3. The lowest BCUT2D eigenvalue weighted by Gasteiger charge is -2.40. The summed E-state index contributed by atoms with van der Waals surface area (Å²) in [5.74, 6) is 0. The Morgan fingerprint density at radius 3 is 1.83 bits per heavy atom. The van der Waals surface area contributed by atoms with Crippen LogP contribution in [-0.2, 0) is 37.9 Å². The van der Waals surface area contributed by atoms with Gasteiger partial charge in [0, 0.05) is 10.8 Å². The van der Waals surface area contributed by atoms with E-state index in [-0.39, 0.29) is 23.0 Å². The predicted molar refractivity (Wildman–Crippen MR) is 110 cm³/mol. The zero-order valence-electron chi connectivity index (χ0n) is 18.7. The van der Waals surface area contributed by atoms with Gasteiger partial charge in [0.05, 0.1) is 92.5 Å². The van der Waals surface area contributed by atoms with Crippen LogP contribution in [0, 0.1) is 10.8 Å². The summed E-state index contributed by atoms with van der Waals surface area (Å²) in [6.45, 7) is 13.7. The Hall–Kier alpha value is -0.320. The van der Waals surface area contributed by atoms with Crippen molar-refractivity contribution in [1.82, 2.24) is 0 Å². The van der Waals surface area contributed by atoms with E-state index < -0.39 is 0 Å². The van der Waals surface area contributed by atoms with Gasteiger partial charge in [0.2, 0.25) is 0 Å². The van der Waals surface area contributed by atoms with Crippen LogP contribution in [0.4, 0.5) is 0 Å². The van der Waals surface area contributed by atoms with Crippen molar-refractivity contribution in [2.24, 2.45) is 10.8 Å². The van der Waals surface area contributed by atoms with Crippen LogP contribution in [0.1, 0.15) is 26.7 Å². The minimum atomic E-state index is -0.0950. The summed E-state index contributed by atoms with van der Waals surface area (Å²) < 4.78 is 44.8. The van der Waals surface area contributed by atoms with E-state index in [1.807, 2.05) is 0 Å². The van der Waals surface area contributed by atoms with Crippen LogP contribution < -0.4 is 0 Å². The van der Waals surface area contributed by atoms with Crippen molar-refractivity contribution in [1.29, 1.82) is 0 Å². The molecule has 3 fully saturated rings. The minimum Gasteiger partial charge on any atom is -0.380 e. The molecule has 0 saturated carbocycles. The molecule has 3 heterocycles. The van der Waals surface area contributed by atoms with Crippen LogP contribution in [0.3, 0.4) is 0 Å². The highest BCUT2D eigenvalue weighted by atomic mass is 16.6. The van der Waals surface area contributed by atoms with Crippen LogP contribution >= 0.6 is 0 Å². The maximum atomic E-state index is 5.94. The highest BCUT2D eigenvalue weighted by Crippen LogP contribution is 2.32. The standard InChI is InChI=1S/C22H40O8/c1-3-21(15-27-16-21)13-25-8-6-23-5-7-24-9-19(29-11-20-12-30-20)10-26-14-22(4-2)17-28-18-22/h19-20H,3-18H2,1-2H3. The Bertz CT molecular complexity index is 451. The van der Waals surface area contributed by atoms with Gasteiger partial charge in [-0.05, 0) is 12.8 Å². The maximum absolute atomic E-state index is 5.94. The molecular weight excluding hydrogens is 392 g/mol. The molecule has 3 saturated heterocycles. The van der Waals surface area contributed by atoms with Crippen LogP contribution in [-0.4, -0.2) is 105 Å². The molecular formula is C22H40O8. The van der Waals surface area contributed by atoms with Crippen molar-refractivity contribution in [2.45, 2.75) is 38.9 Å². The minimum absolute atomic E-state index is 0.0950. The van der Waals surface area contributed by atoms with Crippen molar-refractivity contribution >= 4 is 0 Å². The molecule has 2 atom stereocenters. The van der Waals surface area contributed by atoms with Gasteiger partial charge in [0.15, 0.2) is 0 Å². The first-order valence-electron chi connectivity index (χ1n) is 11.4. The Labute approximate surface area is 180 Å². The zero-order valence-corrected chi connectivity index (χ0v) is 18.7. The van der Waals surface area contributed by atoms with Gasteiger partial charge in [-0.2, -0.15) is 0 Å². The molecule has 0 amide bonds. The normalized spacial score (nSPS) is 24.8. The molecule has 0 bridgehead atoms. The summed E-state index contributed by atoms with van der Waals surface area (Å²) in [6, 6.07) is 0. The lowest BCUT2D eigenvalue weighted by atomic mass is 9.84. The fraction of sp³-hybridized carbons (Fsp3) is 1.00. The number of epoxide rings is 1. The summed E-state index contributed by atoms with van der Waals surface area (Å²) in [4.78, 5) is 0. The lowest BCUT2D eigenvalue weighted by molar-refractivity contribution is -0.161. The zero-order chi connectivity index (χ0) is 21.1. The van der Waals surface area contributed by atoms with Gasteiger partial charge in [0.1, 0.15) is 12.2 Å². The molecule has 3 aliphatic rings. The Balaban J connectivity index is 1.18. The van der Waals surface area contributed by atoms with Gasteiger partial charge < -0.3 is 37.9 Å². The first-order chi connectivity index (χ1) is 14.7. The molecule has 176 valence electrons. The van der Waals surface area contributed by atoms with Gasteiger partial charge in [-0.3, -0.25) is 0 Å². The number of ether oxygens (including phenoxy) is 8. The number of rotatable bonds is 19. The molecule has 30 heavy (non-hydrogen) atoms. The van der Waals surface area contributed by atoms with Crippen molar-refractivity contribution < 1.29 is 37.9 Å². The van der Waals surface area contributed by atoms with E-state index >= 15 is 0 Å². The molecule has 0 aromatic rings. The van der Waals surface area contributed by atoms with Crippen molar-refractivity contribution in [3.63, 3.8) is 0 Å². The van der Waals surface area contributed by atoms with Gasteiger partial charge in [-0.15, -0.1) is 0 Å². The van der Waals surface area contributed by atoms with Crippen molar-refractivity contribution in [3.8, 4) is 0 Å². The van der Waals surface area contributed by atoms with Gasteiger partial charge >= 0.3 is 0 Å².